The van der Waals surface area contributed by atoms with E-state index in [1.165, 1.54) is 14.7 Å². The van der Waals surface area contributed by atoms with Crippen molar-refractivity contribution in [1.82, 2.24) is 0 Å². The quantitative estimate of drug-likeness (QED) is 0.789. The number of hydrogen-bond donors (Lipinski definition) is 1. The highest BCUT2D eigenvalue weighted by molar-refractivity contribution is 14.1. The number of nitrogens with two attached hydrogens (primary N) is 1. The van der Waals surface area contributed by atoms with Crippen LogP contribution >= 0.6 is 38.5 Å². The Balaban J connectivity index is 3.24. The summed E-state index contributed by atoms with van der Waals surface area (Å²) in [4.78, 5) is 0. The lowest BCUT2D eigenvalue weighted by atomic mass is 10.1. The van der Waals surface area contributed by atoms with Crippen LogP contribution in [0.2, 0.25) is 0 Å². The van der Waals surface area contributed by atoms with Crippen molar-refractivity contribution in [3.05, 3.63) is 31.3 Å². The molecule has 2 N–H and O–H groups in total. The van der Waals surface area contributed by atoms with Gasteiger partial charge in [-0.25, -0.2) is 0 Å². The lowest BCUT2D eigenvalue weighted by Gasteiger charge is -2.05. The van der Waals surface area contributed by atoms with Gasteiger partial charge in [-0.2, -0.15) is 0 Å². The second-order valence-electron chi connectivity index (χ2n) is 2.38. The average molecular weight is 326 g/mol. The maximum absolute atomic E-state index is 5.56. The van der Waals surface area contributed by atoms with Crippen molar-refractivity contribution in [3.63, 3.8) is 0 Å². The molecule has 0 unspecified atom stereocenters. The second-order valence-corrected chi connectivity index (χ2v) is 4.48. The van der Waals surface area contributed by atoms with Gasteiger partial charge in [0.1, 0.15) is 0 Å². The van der Waals surface area contributed by atoms with Crippen LogP contribution in [-0.4, -0.2) is 0 Å². The Morgan fingerprint density at radius 2 is 2.18 bits per heavy atom. The van der Waals surface area contributed by atoms with Gasteiger partial charge in [0.15, 0.2) is 0 Å². The predicted molar refractivity (Wildman–Crippen MR) is 59.5 cm³/mol. The Hall–Kier alpha value is 0.390. The summed E-state index contributed by atoms with van der Waals surface area (Å²) in [5.41, 5.74) is 8.02. The van der Waals surface area contributed by atoms with E-state index in [-0.39, 0.29) is 0 Å². The lowest BCUT2D eigenvalue weighted by molar-refractivity contribution is 1.04. The Kier molecular flexibility index (Phi) is 3.33. The molecule has 3 heteroatoms. The minimum Gasteiger partial charge on any atom is -0.326 e. The summed E-state index contributed by atoms with van der Waals surface area (Å²) in [6.07, 6.45) is 0. The lowest BCUT2D eigenvalue weighted by Crippen LogP contribution is -1.99. The summed E-state index contributed by atoms with van der Waals surface area (Å²) in [5, 5.41) is 0. The van der Waals surface area contributed by atoms with Gasteiger partial charge in [0.2, 0.25) is 0 Å². The molecule has 60 valence electrons. The van der Waals surface area contributed by atoms with Crippen molar-refractivity contribution in [1.29, 1.82) is 0 Å². The Labute approximate surface area is 88.6 Å². The zero-order chi connectivity index (χ0) is 8.43. The van der Waals surface area contributed by atoms with E-state index < -0.39 is 0 Å². The first-order valence-electron chi connectivity index (χ1n) is 3.29. The summed E-state index contributed by atoms with van der Waals surface area (Å²) in [6.45, 7) is 2.68. The van der Waals surface area contributed by atoms with Crippen LogP contribution in [0.4, 0.5) is 0 Å². The Morgan fingerprint density at radius 1 is 1.55 bits per heavy atom. The van der Waals surface area contributed by atoms with E-state index in [4.69, 9.17) is 5.73 Å². The first kappa shape index (κ1) is 9.48. The highest BCUT2D eigenvalue weighted by Crippen LogP contribution is 2.22. The molecule has 0 radical (unpaired) electrons. The smallest absolute Gasteiger partial charge is 0.0218 e. The van der Waals surface area contributed by atoms with Crippen LogP contribution in [0.1, 0.15) is 11.1 Å². The molecule has 0 bridgehead atoms. The molecule has 0 amide bonds. The van der Waals surface area contributed by atoms with Crippen LogP contribution in [0.3, 0.4) is 0 Å². The Bertz CT molecular complexity index is 273. The minimum absolute atomic E-state index is 0.612. The molecule has 0 fully saturated rings. The van der Waals surface area contributed by atoms with Crippen LogP contribution < -0.4 is 5.73 Å². The molecule has 11 heavy (non-hydrogen) atoms. The molecule has 1 nitrogen and oxygen atoms in total. The third kappa shape index (κ3) is 2.16. The van der Waals surface area contributed by atoms with E-state index in [0.29, 0.717) is 6.54 Å². The molecule has 0 aliphatic heterocycles. The van der Waals surface area contributed by atoms with E-state index in [1.54, 1.807) is 0 Å². The Morgan fingerprint density at radius 3 is 2.73 bits per heavy atom. The van der Waals surface area contributed by atoms with Crippen molar-refractivity contribution in [2.24, 2.45) is 5.73 Å². The molecule has 0 aliphatic carbocycles. The number of benzene rings is 1. The van der Waals surface area contributed by atoms with Crippen molar-refractivity contribution in [3.8, 4) is 0 Å². The fraction of sp³-hybridized carbons (Fsp3) is 0.250. The first-order chi connectivity index (χ1) is 5.15. The minimum atomic E-state index is 0.612. The van der Waals surface area contributed by atoms with Crippen LogP contribution in [0.15, 0.2) is 16.6 Å². The predicted octanol–water partition coefficient (Wildman–Crippen LogP) is 2.82. The van der Waals surface area contributed by atoms with Crippen molar-refractivity contribution in [2.45, 2.75) is 13.5 Å². The first-order valence-corrected chi connectivity index (χ1v) is 5.17. The highest BCUT2D eigenvalue weighted by atomic mass is 127. The number of halogens is 2. The van der Waals surface area contributed by atoms with Crippen LogP contribution in [-0.2, 0) is 6.54 Å². The summed E-state index contributed by atoms with van der Waals surface area (Å²) in [7, 11) is 0. The fourth-order valence-electron chi connectivity index (χ4n) is 0.911. The van der Waals surface area contributed by atoms with Gasteiger partial charge in [-0.1, -0.05) is 15.9 Å². The maximum atomic E-state index is 5.56. The van der Waals surface area contributed by atoms with E-state index in [2.05, 4.69) is 57.6 Å². The van der Waals surface area contributed by atoms with Crippen LogP contribution in [0.25, 0.3) is 0 Å². The molecular formula is C8H9BrIN. The summed E-state index contributed by atoms with van der Waals surface area (Å²) >= 11 is 5.76. The number of rotatable bonds is 1. The molecular weight excluding hydrogens is 317 g/mol. The third-order valence-corrected chi connectivity index (χ3v) is 3.08. The van der Waals surface area contributed by atoms with Crippen molar-refractivity contribution < 1.29 is 0 Å². The molecule has 0 atom stereocenters. The van der Waals surface area contributed by atoms with Crippen molar-refractivity contribution in [2.75, 3.05) is 0 Å². The molecule has 0 aliphatic rings. The zero-order valence-electron chi connectivity index (χ0n) is 6.20. The van der Waals surface area contributed by atoms with Crippen molar-refractivity contribution >= 4 is 38.5 Å². The largest absolute Gasteiger partial charge is 0.326 e. The molecule has 0 saturated heterocycles. The van der Waals surface area contributed by atoms with Gasteiger partial charge >= 0.3 is 0 Å². The van der Waals surface area contributed by atoms with Gasteiger partial charge in [-0.3, -0.25) is 0 Å². The number of hydrogen-bond acceptors (Lipinski definition) is 1. The van der Waals surface area contributed by atoms with Gasteiger partial charge in [0, 0.05) is 14.6 Å². The molecule has 1 rings (SSSR count). The average Bonchev–Trinajstić information content (AvgIpc) is 1.96. The summed E-state index contributed by atoms with van der Waals surface area (Å²) in [5.74, 6) is 0. The standard InChI is InChI=1S/C8H9BrIN/c1-5-6(4-11)2-7(10)3-8(5)9/h2-3H,4,11H2,1H3. The van der Waals surface area contributed by atoms with Gasteiger partial charge in [0.25, 0.3) is 0 Å². The van der Waals surface area contributed by atoms with Gasteiger partial charge < -0.3 is 5.73 Å². The normalized spacial score (nSPS) is 10.2. The SMILES string of the molecule is Cc1c(Br)cc(I)cc1CN. The summed E-state index contributed by atoms with van der Waals surface area (Å²) in [6, 6.07) is 4.20. The molecule has 0 heterocycles. The molecule has 0 saturated carbocycles. The van der Waals surface area contributed by atoms with Gasteiger partial charge in [-0.15, -0.1) is 0 Å². The van der Waals surface area contributed by atoms with Crippen LogP contribution in [0.5, 0.6) is 0 Å². The van der Waals surface area contributed by atoms with Gasteiger partial charge in [-0.05, 0) is 52.8 Å². The van der Waals surface area contributed by atoms with E-state index in [0.717, 1.165) is 4.47 Å². The second kappa shape index (κ2) is 3.87. The monoisotopic (exact) mass is 325 g/mol. The third-order valence-electron chi connectivity index (χ3n) is 1.64. The van der Waals surface area contributed by atoms with Gasteiger partial charge in [0.05, 0.1) is 0 Å². The topological polar surface area (TPSA) is 26.0 Å². The highest BCUT2D eigenvalue weighted by Gasteiger charge is 2.01. The molecule has 0 aromatic heterocycles. The summed E-state index contributed by atoms with van der Waals surface area (Å²) < 4.78 is 2.37. The van der Waals surface area contributed by atoms with E-state index in [1.807, 2.05) is 0 Å². The molecule has 1 aromatic rings. The van der Waals surface area contributed by atoms with E-state index in [9.17, 15) is 0 Å². The maximum Gasteiger partial charge on any atom is 0.0218 e. The molecule has 0 spiro atoms. The fourth-order valence-corrected chi connectivity index (χ4v) is 2.53. The van der Waals surface area contributed by atoms with Crippen LogP contribution in [0, 0.1) is 10.5 Å². The zero-order valence-corrected chi connectivity index (χ0v) is 9.94. The molecule has 1 aromatic carbocycles. The van der Waals surface area contributed by atoms with E-state index >= 15 is 0 Å².